The molecule has 0 amide bonds. The Morgan fingerprint density at radius 3 is 2.52 bits per heavy atom. The Labute approximate surface area is 179 Å². The van der Waals surface area contributed by atoms with Gasteiger partial charge in [0.15, 0.2) is 0 Å². The lowest BCUT2D eigenvalue weighted by Gasteiger charge is -2.19. The number of nitrogens with zero attached hydrogens (tertiary/aromatic N) is 3. The molecule has 2 heterocycles. The molecule has 0 radical (unpaired) electrons. The molecule has 0 aliphatic carbocycles. The van der Waals surface area contributed by atoms with Gasteiger partial charge in [-0.15, -0.1) is 0 Å². The summed E-state index contributed by atoms with van der Waals surface area (Å²) in [4.78, 5) is 30.4. The Bertz CT molecular complexity index is 1350. The Morgan fingerprint density at radius 1 is 1.19 bits per heavy atom. The van der Waals surface area contributed by atoms with Crippen LogP contribution >= 0.6 is 0 Å². The molecular formula is C24H25N3O4. The van der Waals surface area contributed by atoms with Gasteiger partial charge in [0, 0.05) is 13.1 Å². The lowest BCUT2D eigenvalue weighted by molar-refractivity contribution is -0.139. The minimum Gasteiger partial charge on any atom is -0.497 e. The number of aromatic nitrogens is 3. The van der Waals surface area contributed by atoms with Crippen LogP contribution in [0.2, 0.25) is 0 Å². The molecule has 2 aromatic heterocycles. The van der Waals surface area contributed by atoms with Crippen molar-refractivity contribution in [2.75, 3.05) is 7.11 Å². The third kappa shape index (κ3) is 3.36. The molecule has 0 spiro atoms. The van der Waals surface area contributed by atoms with Crippen molar-refractivity contribution in [1.82, 2.24) is 14.0 Å². The van der Waals surface area contributed by atoms with Crippen LogP contribution in [0.5, 0.6) is 5.75 Å². The number of methoxy groups -OCH3 is 1. The Morgan fingerprint density at radius 2 is 1.90 bits per heavy atom. The van der Waals surface area contributed by atoms with Crippen LogP contribution in [-0.2, 0) is 11.8 Å². The summed E-state index contributed by atoms with van der Waals surface area (Å²) in [5.41, 5.74) is 3.82. The number of carboxylic acids is 1. The zero-order chi connectivity index (χ0) is 22.3. The predicted octanol–water partition coefficient (Wildman–Crippen LogP) is 4.14. The van der Waals surface area contributed by atoms with Crippen LogP contribution in [-0.4, -0.2) is 32.1 Å². The molecule has 0 fully saturated rings. The standard InChI is InChI=1S/C24H25N3O4/c1-5-6-17(23(29)30)20-21(15-9-7-14(2)8-10-15)27-19-12-11-16(31-4)13-18(19)25-24(27)26(3)22(20)28/h7-13,17H,5-6H2,1-4H3,(H,29,30). The van der Waals surface area contributed by atoms with Crippen LogP contribution in [0.25, 0.3) is 28.1 Å². The lowest BCUT2D eigenvalue weighted by atomic mass is 9.91. The van der Waals surface area contributed by atoms with E-state index in [0.717, 1.165) is 16.6 Å². The fourth-order valence-corrected chi connectivity index (χ4v) is 4.10. The first-order chi connectivity index (χ1) is 14.9. The molecule has 4 aromatic rings. The number of ether oxygens (including phenoxy) is 1. The number of fused-ring (bicyclic) bond motifs is 3. The monoisotopic (exact) mass is 419 g/mol. The summed E-state index contributed by atoms with van der Waals surface area (Å²) in [6, 6.07) is 13.3. The average molecular weight is 419 g/mol. The van der Waals surface area contributed by atoms with E-state index >= 15 is 0 Å². The van der Waals surface area contributed by atoms with Gasteiger partial charge >= 0.3 is 5.97 Å². The van der Waals surface area contributed by atoms with E-state index in [1.807, 2.05) is 60.7 Å². The molecule has 1 unspecified atom stereocenters. The highest BCUT2D eigenvalue weighted by atomic mass is 16.5. The molecule has 2 aromatic carbocycles. The maximum atomic E-state index is 13.5. The molecular weight excluding hydrogens is 394 g/mol. The minimum atomic E-state index is -1.00. The third-order valence-corrected chi connectivity index (χ3v) is 5.71. The fraction of sp³-hybridized carbons (Fsp3) is 0.292. The maximum absolute atomic E-state index is 13.5. The largest absolute Gasteiger partial charge is 0.497 e. The number of hydrogen-bond donors (Lipinski definition) is 1. The summed E-state index contributed by atoms with van der Waals surface area (Å²) < 4.78 is 8.66. The topological polar surface area (TPSA) is 85.8 Å². The van der Waals surface area contributed by atoms with Crippen molar-refractivity contribution in [2.24, 2.45) is 7.05 Å². The summed E-state index contributed by atoms with van der Waals surface area (Å²) in [7, 11) is 3.22. The Balaban J connectivity index is 2.22. The molecule has 1 atom stereocenters. The van der Waals surface area contributed by atoms with E-state index in [-0.39, 0.29) is 11.1 Å². The van der Waals surface area contributed by atoms with E-state index in [4.69, 9.17) is 4.74 Å². The van der Waals surface area contributed by atoms with Gasteiger partial charge in [-0.1, -0.05) is 43.2 Å². The average Bonchev–Trinajstić information content (AvgIpc) is 3.14. The maximum Gasteiger partial charge on any atom is 0.311 e. The quantitative estimate of drug-likeness (QED) is 0.508. The zero-order valence-corrected chi connectivity index (χ0v) is 18.0. The number of hydrogen-bond acceptors (Lipinski definition) is 4. The summed E-state index contributed by atoms with van der Waals surface area (Å²) in [6.07, 6.45) is 1.02. The molecule has 160 valence electrons. The Hall–Kier alpha value is -3.61. The van der Waals surface area contributed by atoms with Gasteiger partial charge in [-0.2, -0.15) is 0 Å². The van der Waals surface area contributed by atoms with Gasteiger partial charge in [-0.3, -0.25) is 18.6 Å². The first-order valence-corrected chi connectivity index (χ1v) is 10.3. The minimum absolute atomic E-state index is 0.281. The third-order valence-electron chi connectivity index (χ3n) is 5.71. The zero-order valence-electron chi connectivity index (χ0n) is 18.0. The SMILES string of the molecule is CCCC(C(=O)O)c1c(-c2ccc(C)cc2)n2c3ccc(OC)cc3nc2n(C)c1=O. The first kappa shape index (κ1) is 20.7. The van der Waals surface area contributed by atoms with Crippen LogP contribution in [0.4, 0.5) is 0 Å². The van der Waals surface area contributed by atoms with Crippen LogP contribution in [0.1, 0.15) is 36.8 Å². The van der Waals surface area contributed by atoms with Gasteiger partial charge in [0.25, 0.3) is 5.56 Å². The number of imidazole rings is 1. The summed E-state index contributed by atoms with van der Waals surface area (Å²) in [5, 5.41) is 10.0. The molecule has 31 heavy (non-hydrogen) atoms. The predicted molar refractivity (Wildman–Crippen MR) is 120 cm³/mol. The van der Waals surface area contributed by atoms with Crippen molar-refractivity contribution in [3.8, 4) is 17.0 Å². The van der Waals surface area contributed by atoms with E-state index < -0.39 is 11.9 Å². The van der Waals surface area contributed by atoms with Crippen molar-refractivity contribution in [2.45, 2.75) is 32.6 Å². The van der Waals surface area contributed by atoms with Gasteiger partial charge in [0.1, 0.15) is 5.75 Å². The van der Waals surface area contributed by atoms with E-state index in [9.17, 15) is 14.7 Å². The molecule has 0 saturated heterocycles. The second-order valence-corrected chi connectivity index (χ2v) is 7.77. The molecule has 1 N–H and O–H groups in total. The molecule has 7 heteroatoms. The van der Waals surface area contributed by atoms with Crippen molar-refractivity contribution in [3.63, 3.8) is 0 Å². The van der Waals surface area contributed by atoms with Crippen LogP contribution in [0.15, 0.2) is 47.3 Å². The summed E-state index contributed by atoms with van der Waals surface area (Å²) in [5.74, 6) is -0.807. The molecule has 0 aliphatic rings. The van der Waals surface area contributed by atoms with E-state index in [0.29, 0.717) is 35.6 Å². The number of benzene rings is 2. The Kier molecular flexibility index (Phi) is 5.27. The molecule has 0 bridgehead atoms. The van der Waals surface area contributed by atoms with Gasteiger partial charge in [0.2, 0.25) is 5.78 Å². The highest BCUT2D eigenvalue weighted by Crippen LogP contribution is 2.33. The molecule has 0 saturated carbocycles. The molecule has 7 nitrogen and oxygen atoms in total. The van der Waals surface area contributed by atoms with E-state index in [1.54, 1.807) is 14.2 Å². The normalized spacial score (nSPS) is 12.4. The lowest BCUT2D eigenvalue weighted by Crippen LogP contribution is -2.30. The van der Waals surface area contributed by atoms with E-state index in [1.165, 1.54) is 4.57 Å². The second kappa shape index (κ2) is 7.91. The number of aliphatic carboxylic acids is 1. The highest BCUT2D eigenvalue weighted by Gasteiger charge is 2.30. The van der Waals surface area contributed by atoms with Gasteiger partial charge in [-0.25, -0.2) is 4.98 Å². The highest BCUT2D eigenvalue weighted by molar-refractivity contribution is 5.87. The van der Waals surface area contributed by atoms with Crippen LogP contribution < -0.4 is 10.3 Å². The number of carbonyl (C=O) groups is 1. The second-order valence-electron chi connectivity index (χ2n) is 7.77. The first-order valence-electron chi connectivity index (χ1n) is 10.3. The van der Waals surface area contributed by atoms with E-state index in [2.05, 4.69) is 4.98 Å². The smallest absolute Gasteiger partial charge is 0.311 e. The van der Waals surface area contributed by atoms with Gasteiger partial charge in [-0.05, 0) is 31.0 Å². The summed E-state index contributed by atoms with van der Waals surface area (Å²) >= 11 is 0. The molecule has 4 rings (SSSR count). The van der Waals surface area contributed by atoms with Gasteiger partial charge < -0.3 is 9.84 Å². The number of aryl methyl sites for hydroxylation is 2. The fourth-order valence-electron chi connectivity index (χ4n) is 4.10. The van der Waals surface area contributed by atoms with Crippen LogP contribution in [0.3, 0.4) is 0 Å². The van der Waals surface area contributed by atoms with Crippen molar-refractivity contribution >= 4 is 22.8 Å². The summed E-state index contributed by atoms with van der Waals surface area (Å²) in [6.45, 7) is 3.91. The number of rotatable bonds is 6. The van der Waals surface area contributed by atoms with Crippen molar-refractivity contribution in [1.29, 1.82) is 0 Å². The van der Waals surface area contributed by atoms with Crippen molar-refractivity contribution in [3.05, 3.63) is 63.9 Å². The van der Waals surface area contributed by atoms with Crippen molar-refractivity contribution < 1.29 is 14.6 Å². The number of carboxylic acid groups (broad SMARTS) is 1. The molecule has 0 aliphatic heterocycles. The van der Waals surface area contributed by atoms with Crippen LogP contribution in [0, 0.1) is 6.92 Å². The van der Waals surface area contributed by atoms with Gasteiger partial charge in [0.05, 0.1) is 35.3 Å².